The van der Waals surface area contributed by atoms with E-state index >= 15 is 0 Å². The van der Waals surface area contributed by atoms with Crippen molar-refractivity contribution >= 4 is 40.7 Å². The van der Waals surface area contributed by atoms with Gasteiger partial charge in [-0.05, 0) is 58.9 Å². The van der Waals surface area contributed by atoms with Gasteiger partial charge in [0.05, 0.1) is 20.0 Å². The molecule has 1 unspecified atom stereocenters. The molecule has 0 saturated carbocycles. The van der Waals surface area contributed by atoms with Gasteiger partial charge < -0.3 is 10.1 Å². The van der Waals surface area contributed by atoms with Crippen molar-refractivity contribution in [1.82, 2.24) is 9.97 Å². The number of benzene rings is 4. The number of aromatic nitrogens is 2. The number of rotatable bonds is 10. The van der Waals surface area contributed by atoms with E-state index in [0.29, 0.717) is 12.8 Å². The first kappa shape index (κ1) is 49.9. The molecule has 0 aliphatic carbocycles. The van der Waals surface area contributed by atoms with Gasteiger partial charge in [0.25, 0.3) is 0 Å². The molecule has 0 aliphatic heterocycles. The summed E-state index contributed by atoms with van der Waals surface area (Å²) in [6, 6.07) is 36.7. The van der Waals surface area contributed by atoms with E-state index in [2.05, 4.69) is 131 Å². The van der Waals surface area contributed by atoms with Gasteiger partial charge in [-0.25, -0.2) is 0 Å². The second kappa shape index (κ2) is 21.4. The van der Waals surface area contributed by atoms with Crippen molar-refractivity contribution in [3.8, 4) is 22.5 Å². The van der Waals surface area contributed by atoms with Gasteiger partial charge >= 0.3 is 6.18 Å². The van der Waals surface area contributed by atoms with E-state index < -0.39 is 31.8 Å². The molecule has 4 aromatic carbocycles. The molecule has 2 aromatic heterocycles. The minimum Gasteiger partial charge on any atom is -0.512 e. The van der Waals surface area contributed by atoms with Gasteiger partial charge in [0.1, 0.15) is 5.76 Å². The summed E-state index contributed by atoms with van der Waals surface area (Å²) < 4.78 is 37.5. The fourth-order valence-electron chi connectivity index (χ4n) is 7.09. The number of aryl methyl sites for hydroxylation is 4. The SMILES string of the molecule is CCC(CC)C(=O)/C=C(\O)C(C)(CC)CC(F)(F)F.Cc1[c-]c(-c2ccc3ccccc3n2)cc(C)c1.Cc1[c-]c(-c2nccc3cc([Si](C)(C)C)ccc23)cc(C)c1.[Ir]. The molecule has 2 heterocycles. The van der Waals surface area contributed by atoms with Crippen molar-refractivity contribution in [3.63, 3.8) is 0 Å². The normalized spacial score (nSPS) is 12.8. The number of halogens is 3. The third kappa shape index (κ3) is 13.8. The molecule has 9 heteroatoms. The predicted octanol–water partition coefficient (Wildman–Crippen LogP) is 14.0. The number of allylic oxidation sites excluding steroid dienone is 2. The molecule has 0 amide bonds. The van der Waals surface area contributed by atoms with Crippen LogP contribution in [0.2, 0.25) is 19.6 Å². The maximum atomic E-state index is 12.5. The van der Waals surface area contributed by atoms with E-state index in [-0.39, 0.29) is 38.2 Å². The number of pyridine rings is 2. The molecule has 1 radical (unpaired) electrons. The van der Waals surface area contributed by atoms with Crippen LogP contribution in [0, 0.1) is 51.2 Å². The van der Waals surface area contributed by atoms with Crippen LogP contribution in [-0.2, 0) is 24.9 Å². The summed E-state index contributed by atoms with van der Waals surface area (Å²) in [5.41, 5.74) is 8.59. The molecule has 1 N–H and O–H groups in total. The number of ketones is 1. The molecular weight excluding hydrogens is 950 g/mol. The zero-order valence-corrected chi connectivity index (χ0v) is 40.3. The number of carbonyl (C=O) groups is 1. The van der Waals surface area contributed by atoms with Crippen LogP contribution in [0.25, 0.3) is 44.2 Å². The predicted molar refractivity (Wildman–Crippen MR) is 243 cm³/mol. The monoisotopic (exact) mass is 1010 g/mol. The number of aliphatic hydroxyl groups is 1. The maximum Gasteiger partial charge on any atom is 0.390 e. The quantitative estimate of drug-likeness (QED) is 0.0643. The summed E-state index contributed by atoms with van der Waals surface area (Å²) in [6.07, 6.45) is -1.27. The van der Waals surface area contributed by atoms with Crippen LogP contribution in [0.4, 0.5) is 13.2 Å². The summed E-state index contributed by atoms with van der Waals surface area (Å²) in [5, 5.41) is 15.0. The minimum atomic E-state index is -4.37. The zero-order valence-electron chi connectivity index (χ0n) is 36.9. The molecule has 60 heavy (non-hydrogen) atoms. The average molecular weight is 1010 g/mol. The van der Waals surface area contributed by atoms with Crippen molar-refractivity contribution in [2.24, 2.45) is 11.3 Å². The van der Waals surface area contributed by atoms with E-state index in [9.17, 15) is 23.1 Å². The van der Waals surface area contributed by atoms with Gasteiger partial charge in [-0.1, -0.05) is 129 Å². The van der Waals surface area contributed by atoms with Crippen molar-refractivity contribution in [1.29, 1.82) is 0 Å². The Morgan fingerprint density at radius 3 is 1.97 bits per heavy atom. The Hall–Kier alpha value is -4.43. The summed E-state index contributed by atoms with van der Waals surface area (Å²) >= 11 is 0. The topological polar surface area (TPSA) is 63.1 Å². The third-order valence-corrected chi connectivity index (χ3v) is 12.8. The van der Waals surface area contributed by atoms with E-state index in [1.165, 1.54) is 39.4 Å². The van der Waals surface area contributed by atoms with Crippen LogP contribution in [0.1, 0.15) is 75.6 Å². The van der Waals surface area contributed by atoms with Crippen LogP contribution in [0.15, 0.2) is 103 Å². The van der Waals surface area contributed by atoms with E-state index in [0.717, 1.165) is 45.2 Å². The zero-order chi connectivity index (χ0) is 43.7. The molecule has 0 fully saturated rings. The Kier molecular flexibility index (Phi) is 17.8. The Labute approximate surface area is 370 Å². The van der Waals surface area contributed by atoms with Crippen LogP contribution in [-0.4, -0.2) is 35.1 Å². The fourth-order valence-corrected chi connectivity index (χ4v) is 8.26. The van der Waals surface area contributed by atoms with E-state index in [4.69, 9.17) is 4.98 Å². The summed E-state index contributed by atoms with van der Waals surface area (Å²) in [7, 11) is -1.29. The van der Waals surface area contributed by atoms with Crippen LogP contribution < -0.4 is 5.19 Å². The van der Waals surface area contributed by atoms with Gasteiger partial charge in [-0.3, -0.25) is 9.78 Å². The molecule has 1 atom stereocenters. The second-order valence-electron chi connectivity index (χ2n) is 16.9. The number of carbonyl (C=O) groups excluding carboxylic acids is 1. The largest absolute Gasteiger partial charge is 0.512 e. The number of hydrogen-bond donors (Lipinski definition) is 1. The van der Waals surface area contributed by atoms with E-state index in [1.807, 2.05) is 38.2 Å². The molecule has 321 valence electrons. The van der Waals surface area contributed by atoms with Crippen molar-refractivity contribution in [2.45, 2.75) is 107 Å². The van der Waals surface area contributed by atoms with Gasteiger partial charge in [0.15, 0.2) is 5.78 Å². The van der Waals surface area contributed by atoms with Gasteiger partial charge in [0.2, 0.25) is 0 Å². The maximum absolute atomic E-state index is 12.5. The molecule has 6 aromatic rings. The number of para-hydroxylation sites is 1. The second-order valence-corrected chi connectivity index (χ2v) is 22.0. The Balaban J connectivity index is 0.000000240. The number of alkyl halides is 3. The molecule has 6 rings (SSSR count). The van der Waals surface area contributed by atoms with Crippen LogP contribution >= 0.6 is 0 Å². The van der Waals surface area contributed by atoms with Gasteiger partial charge in [-0.15, -0.1) is 69.8 Å². The third-order valence-electron chi connectivity index (χ3n) is 10.7. The van der Waals surface area contributed by atoms with E-state index in [1.54, 1.807) is 6.92 Å². The summed E-state index contributed by atoms with van der Waals surface area (Å²) in [6.45, 7) is 22.1. The van der Waals surface area contributed by atoms with Crippen molar-refractivity contribution < 1.29 is 43.2 Å². The molecule has 0 bridgehead atoms. The Morgan fingerprint density at radius 2 is 1.40 bits per heavy atom. The average Bonchev–Trinajstić information content (AvgIpc) is 3.16. The van der Waals surface area contributed by atoms with Crippen LogP contribution in [0.5, 0.6) is 0 Å². The smallest absolute Gasteiger partial charge is 0.390 e. The number of hydrogen-bond acceptors (Lipinski definition) is 4. The molecule has 0 spiro atoms. The first-order valence-electron chi connectivity index (χ1n) is 20.4. The van der Waals surface area contributed by atoms with Crippen LogP contribution in [0.3, 0.4) is 0 Å². The fraction of sp³-hybridized carbons (Fsp3) is 0.353. The standard InChI is InChI=1S/C20H22NSi.C17H14N.C14H23F3O2.Ir/c1-14-10-15(2)12-17(11-14)20-19-7-6-18(22(3,4)5)13-16(19)8-9-21-20;1-12-9-13(2)11-15(10-12)17-8-7-14-5-3-4-6-16(14)18-17;1-5-10(6-2)11(18)8-12(19)13(4,7-3)9-14(15,16)17;/h6-11,13H,1-5H3;3-10H,1-2H3;8,10,19H,5-7,9H2,1-4H3;/q2*-1;;/b;;12-8-;. The van der Waals surface area contributed by atoms with Gasteiger partial charge in [-0.2, -0.15) is 13.2 Å². The van der Waals surface area contributed by atoms with Crippen molar-refractivity contribution in [2.75, 3.05) is 0 Å². The number of aliphatic hydroxyl groups excluding tert-OH is 1. The molecular formula is C51H59F3IrN2O2Si-2. The number of nitrogens with zero attached hydrogens (tertiary/aromatic N) is 2. The first-order chi connectivity index (χ1) is 27.7. The first-order valence-corrected chi connectivity index (χ1v) is 23.9. The van der Waals surface area contributed by atoms with Crippen molar-refractivity contribution in [3.05, 3.63) is 137 Å². The summed E-state index contributed by atoms with van der Waals surface area (Å²) in [5.74, 6) is -1.01. The molecule has 0 saturated heterocycles. The Morgan fingerprint density at radius 1 is 0.800 bits per heavy atom. The Bertz CT molecular complexity index is 2380. The molecule has 0 aliphatic rings. The minimum absolute atomic E-state index is 0. The summed E-state index contributed by atoms with van der Waals surface area (Å²) in [4.78, 5) is 21.2. The van der Waals surface area contributed by atoms with Gasteiger partial charge in [0, 0.05) is 43.7 Å². The molecule has 4 nitrogen and oxygen atoms in total. The number of fused-ring (bicyclic) bond motifs is 2.